The van der Waals surface area contributed by atoms with E-state index < -0.39 is 0 Å². The Kier molecular flexibility index (Phi) is 5.92. The molecule has 0 bridgehead atoms. The molecule has 0 saturated carbocycles. The second kappa shape index (κ2) is 8.13. The summed E-state index contributed by atoms with van der Waals surface area (Å²) in [6.07, 6.45) is 6.67. The van der Waals surface area contributed by atoms with Crippen LogP contribution in [0.4, 0.5) is 11.4 Å². The van der Waals surface area contributed by atoms with Crippen LogP contribution in [-0.4, -0.2) is 23.5 Å². The topological polar surface area (TPSA) is 45.2 Å². The van der Waals surface area contributed by atoms with Crippen molar-refractivity contribution in [2.75, 3.05) is 16.8 Å². The van der Waals surface area contributed by atoms with Crippen LogP contribution >= 0.6 is 0 Å². The number of hydrogen-bond acceptors (Lipinski definition) is 3. The highest BCUT2D eigenvalue weighted by molar-refractivity contribution is 6.01. The van der Waals surface area contributed by atoms with E-state index in [2.05, 4.69) is 36.0 Å². The van der Waals surface area contributed by atoms with Crippen molar-refractivity contribution in [3.8, 4) is 0 Å². The molecule has 0 radical (unpaired) electrons. The van der Waals surface area contributed by atoms with Gasteiger partial charge in [-0.1, -0.05) is 6.07 Å². The Labute approximate surface area is 137 Å². The summed E-state index contributed by atoms with van der Waals surface area (Å²) < 4.78 is 0. The van der Waals surface area contributed by atoms with Gasteiger partial charge in [-0.05, 0) is 62.7 Å². The number of anilines is 2. The molecule has 2 aromatic rings. The number of rotatable bonds is 6. The smallest absolute Gasteiger partial charge is 0.248 e. The quantitative estimate of drug-likeness (QED) is 0.821. The zero-order chi connectivity index (χ0) is 16.7. The lowest BCUT2D eigenvalue weighted by Crippen LogP contribution is -2.30. The normalized spacial score (nSPS) is 11.0. The first-order valence-corrected chi connectivity index (χ1v) is 7.86. The fourth-order valence-corrected chi connectivity index (χ4v) is 2.41. The molecule has 0 saturated heterocycles. The van der Waals surface area contributed by atoms with E-state index in [1.165, 1.54) is 6.08 Å². The van der Waals surface area contributed by atoms with Gasteiger partial charge < -0.3 is 10.2 Å². The van der Waals surface area contributed by atoms with Crippen LogP contribution in [0.15, 0.2) is 54.9 Å². The maximum atomic E-state index is 11.9. The third kappa shape index (κ3) is 4.95. The van der Waals surface area contributed by atoms with Crippen molar-refractivity contribution >= 4 is 23.4 Å². The van der Waals surface area contributed by atoms with Crippen LogP contribution < -0.4 is 10.2 Å². The van der Waals surface area contributed by atoms with E-state index in [0.717, 1.165) is 23.5 Å². The summed E-state index contributed by atoms with van der Waals surface area (Å²) >= 11 is 0. The number of nitrogens with one attached hydrogen (secondary N) is 1. The molecule has 0 aliphatic carbocycles. The van der Waals surface area contributed by atoms with Crippen molar-refractivity contribution in [2.24, 2.45) is 0 Å². The van der Waals surface area contributed by atoms with Gasteiger partial charge >= 0.3 is 0 Å². The standard InChI is InChI=1S/C19H23N3O/c1-4-22(15(2)3)18-10-8-17(9-11-18)21-19(23)12-7-16-6-5-13-20-14-16/h5-15H,4H2,1-3H3,(H,21,23)/b12-7+. The van der Waals surface area contributed by atoms with Gasteiger partial charge in [0.05, 0.1) is 0 Å². The largest absolute Gasteiger partial charge is 0.369 e. The number of hydrogen-bond donors (Lipinski definition) is 1. The number of carbonyl (C=O) groups excluding carboxylic acids is 1. The van der Waals surface area contributed by atoms with E-state index in [-0.39, 0.29) is 5.91 Å². The van der Waals surface area contributed by atoms with Crippen molar-refractivity contribution in [1.29, 1.82) is 0 Å². The molecular formula is C19H23N3O. The Hall–Kier alpha value is -2.62. The molecule has 1 aromatic heterocycles. The summed E-state index contributed by atoms with van der Waals surface area (Å²) in [4.78, 5) is 18.2. The van der Waals surface area contributed by atoms with Crippen LogP contribution in [0.25, 0.3) is 6.08 Å². The SMILES string of the molecule is CCN(c1ccc(NC(=O)/C=C/c2cccnc2)cc1)C(C)C. The minimum atomic E-state index is -0.155. The summed E-state index contributed by atoms with van der Waals surface area (Å²) in [7, 11) is 0. The molecule has 0 unspecified atom stereocenters. The molecule has 0 atom stereocenters. The van der Waals surface area contributed by atoms with Gasteiger partial charge in [0.1, 0.15) is 0 Å². The van der Waals surface area contributed by atoms with Crippen molar-refractivity contribution < 1.29 is 4.79 Å². The van der Waals surface area contributed by atoms with E-state index in [4.69, 9.17) is 0 Å². The number of aromatic nitrogens is 1. The second-order valence-corrected chi connectivity index (χ2v) is 5.54. The molecule has 4 nitrogen and oxygen atoms in total. The van der Waals surface area contributed by atoms with Gasteiger partial charge in [-0.3, -0.25) is 9.78 Å². The predicted molar refractivity (Wildman–Crippen MR) is 96.5 cm³/mol. The fourth-order valence-electron chi connectivity index (χ4n) is 2.41. The van der Waals surface area contributed by atoms with Gasteiger partial charge in [-0.15, -0.1) is 0 Å². The summed E-state index contributed by atoms with van der Waals surface area (Å²) in [6, 6.07) is 12.1. The van der Waals surface area contributed by atoms with Gasteiger partial charge in [0.25, 0.3) is 0 Å². The Morgan fingerprint density at radius 1 is 1.26 bits per heavy atom. The lowest BCUT2D eigenvalue weighted by atomic mass is 10.2. The molecule has 0 aliphatic heterocycles. The van der Waals surface area contributed by atoms with Crippen molar-refractivity contribution in [3.63, 3.8) is 0 Å². The lowest BCUT2D eigenvalue weighted by Gasteiger charge is -2.27. The first kappa shape index (κ1) is 16.7. The van der Waals surface area contributed by atoms with E-state index in [1.807, 2.05) is 36.4 Å². The molecule has 0 aliphatic rings. The Morgan fingerprint density at radius 3 is 2.57 bits per heavy atom. The van der Waals surface area contributed by atoms with Crippen molar-refractivity contribution in [2.45, 2.75) is 26.8 Å². The van der Waals surface area contributed by atoms with Crippen LogP contribution in [0.1, 0.15) is 26.3 Å². The summed E-state index contributed by atoms with van der Waals surface area (Å²) in [6.45, 7) is 7.43. The highest BCUT2D eigenvalue weighted by Gasteiger charge is 2.08. The fraction of sp³-hybridized carbons (Fsp3) is 0.263. The lowest BCUT2D eigenvalue weighted by molar-refractivity contribution is -0.111. The predicted octanol–water partition coefficient (Wildman–Crippen LogP) is 3.97. The summed E-state index contributed by atoms with van der Waals surface area (Å²) in [5.74, 6) is -0.155. The van der Waals surface area contributed by atoms with Crippen LogP contribution in [0.2, 0.25) is 0 Å². The molecule has 23 heavy (non-hydrogen) atoms. The van der Waals surface area contributed by atoms with Crippen molar-refractivity contribution in [1.82, 2.24) is 4.98 Å². The maximum Gasteiger partial charge on any atom is 0.248 e. The average Bonchev–Trinajstić information content (AvgIpc) is 2.56. The minimum absolute atomic E-state index is 0.155. The molecule has 1 aromatic carbocycles. The first-order valence-electron chi connectivity index (χ1n) is 7.86. The van der Waals surface area contributed by atoms with Crippen LogP contribution in [0.3, 0.4) is 0 Å². The first-order chi connectivity index (χ1) is 11.1. The monoisotopic (exact) mass is 309 g/mol. The highest BCUT2D eigenvalue weighted by Crippen LogP contribution is 2.19. The zero-order valence-corrected chi connectivity index (χ0v) is 13.9. The number of benzene rings is 1. The molecule has 1 heterocycles. The van der Waals surface area contributed by atoms with Crippen molar-refractivity contribution in [3.05, 3.63) is 60.4 Å². The number of amides is 1. The molecule has 1 amide bonds. The summed E-state index contributed by atoms with van der Waals surface area (Å²) in [5, 5.41) is 2.86. The molecule has 0 fully saturated rings. The summed E-state index contributed by atoms with van der Waals surface area (Å²) in [5.41, 5.74) is 2.84. The zero-order valence-electron chi connectivity index (χ0n) is 13.9. The number of carbonyl (C=O) groups is 1. The molecule has 120 valence electrons. The molecule has 4 heteroatoms. The highest BCUT2D eigenvalue weighted by atomic mass is 16.1. The van der Waals surface area contributed by atoms with Gasteiger partial charge in [0.2, 0.25) is 5.91 Å². The maximum absolute atomic E-state index is 11.9. The van der Waals surface area contributed by atoms with Gasteiger partial charge in [-0.25, -0.2) is 0 Å². The van der Waals surface area contributed by atoms with Crippen LogP contribution in [0, 0.1) is 0 Å². The van der Waals surface area contributed by atoms with Gasteiger partial charge in [-0.2, -0.15) is 0 Å². The van der Waals surface area contributed by atoms with Crippen LogP contribution in [0.5, 0.6) is 0 Å². The molecule has 2 rings (SSSR count). The minimum Gasteiger partial charge on any atom is -0.369 e. The van der Waals surface area contributed by atoms with E-state index in [1.54, 1.807) is 18.5 Å². The Morgan fingerprint density at radius 2 is 2.00 bits per heavy atom. The van der Waals surface area contributed by atoms with Gasteiger partial charge in [0.15, 0.2) is 0 Å². The average molecular weight is 309 g/mol. The third-order valence-electron chi connectivity index (χ3n) is 3.54. The van der Waals surface area contributed by atoms with E-state index >= 15 is 0 Å². The van der Waals surface area contributed by atoms with E-state index in [0.29, 0.717) is 6.04 Å². The Bertz CT molecular complexity index is 648. The molecule has 0 spiro atoms. The van der Waals surface area contributed by atoms with E-state index in [9.17, 15) is 4.79 Å². The number of pyridine rings is 1. The van der Waals surface area contributed by atoms with Crippen LogP contribution in [-0.2, 0) is 4.79 Å². The molecular weight excluding hydrogens is 286 g/mol. The Balaban J connectivity index is 1.98. The molecule has 1 N–H and O–H groups in total. The third-order valence-corrected chi connectivity index (χ3v) is 3.54. The number of nitrogens with zero attached hydrogens (tertiary/aromatic N) is 2. The van der Waals surface area contributed by atoms with Gasteiger partial charge in [0, 0.05) is 42.4 Å². The second-order valence-electron chi connectivity index (χ2n) is 5.54.